The van der Waals surface area contributed by atoms with Gasteiger partial charge in [-0.25, -0.2) is 0 Å². The zero-order chi connectivity index (χ0) is 17.5. The van der Waals surface area contributed by atoms with Gasteiger partial charge in [-0.15, -0.1) is 0 Å². The van der Waals surface area contributed by atoms with Gasteiger partial charge in [0.2, 0.25) is 0 Å². The van der Waals surface area contributed by atoms with E-state index in [1.54, 1.807) is 0 Å². The lowest BCUT2D eigenvalue weighted by Gasteiger charge is -2.14. The summed E-state index contributed by atoms with van der Waals surface area (Å²) in [4.78, 5) is 4.63. The van der Waals surface area contributed by atoms with Crippen LogP contribution in [0.4, 0.5) is 5.69 Å². The Kier molecular flexibility index (Phi) is 6.85. The summed E-state index contributed by atoms with van der Waals surface area (Å²) in [7, 11) is 0. The van der Waals surface area contributed by atoms with E-state index in [-0.39, 0.29) is 0 Å². The summed E-state index contributed by atoms with van der Waals surface area (Å²) in [5, 5.41) is 0. The maximum absolute atomic E-state index is 5.81. The van der Waals surface area contributed by atoms with Gasteiger partial charge < -0.3 is 9.47 Å². The van der Waals surface area contributed by atoms with Crippen LogP contribution in [0.15, 0.2) is 39.8 Å². The lowest BCUT2D eigenvalue weighted by atomic mass is 10.1. The first-order valence-electron chi connectivity index (χ1n) is 8.25. The van der Waals surface area contributed by atoms with E-state index in [2.05, 4.69) is 59.9 Å². The molecule has 24 heavy (non-hydrogen) atoms. The molecule has 0 saturated heterocycles. The average Bonchev–Trinajstić information content (AvgIpc) is 2.55. The molecule has 0 spiro atoms. The fourth-order valence-corrected chi connectivity index (χ4v) is 2.85. The number of aryl methyl sites for hydroxylation is 2. The number of nitrogens with zero attached hydrogens (tertiary/aromatic N) is 1. The Labute approximate surface area is 152 Å². The summed E-state index contributed by atoms with van der Waals surface area (Å²) < 4.78 is 12.4. The van der Waals surface area contributed by atoms with E-state index < -0.39 is 0 Å². The molecular formula is C20H24BrNO2. The Morgan fingerprint density at radius 1 is 1.08 bits per heavy atom. The van der Waals surface area contributed by atoms with Crippen molar-refractivity contribution >= 4 is 27.8 Å². The van der Waals surface area contributed by atoms with Crippen molar-refractivity contribution in [1.82, 2.24) is 0 Å². The first-order chi connectivity index (χ1) is 11.5. The fraction of sp³-hybridized carbons (Fsp3) is 0.350. The Balaban J connectivity index is 2.33. The van der Waals surface area contributed by atoms with Crippen molar-refractivity contribution in [2.24, 2.45) is 4.99 Å². The van der Waals surface area contributed by atoms with Gasteiger partial charge in [0.25, 0.3) is 0 Å². The average molecular weight is 390 g/mol. The fourth-order valence-electron chi connectivity index (χ4n) is 2.27. The molecule has 0 aromatic heterocycles. The first-order valence-corrected chi connectivity index (χ1v) is 9.05. The second-order valence-corrected chi connectivity index (χ2v) is 6.51. The highest BCUT2D eigenvalue weighted by molar-refractivity contribution is 9.10. The second-order valence-electron chi connectivity index (χ2n) is 5.66. The molecule has 2 rings (SSSR count). The van der Waals surface area contributed by atoms with E-state index in [0.717, 1.165) is 39.2 Å². The summed E-state index contributed by atoms with van der Waals surface area (Å²) >= 11 is 3.58. The minimum absolute atomic E-state index is 0.590. The summed E-state index contributed by atoms with van der Waals surface area (Å²) in [6, 6.07) is 10.2. The zero-order valence-electron chi connectivity index (χ0n) is 14.7. The molecule has 0 N–H and O–H groups in total. The van der Waals surface area contributed by atoms with Crippen LogP contribution in [-0.2, 0) is 0 Å². The smallest absolute Gasteiger partial charge is 0.175 e. The molecule has 0 bridgehead atoms. The van der Waals surface area contributed by atoms with E-state index in [1.807, 2.05) is 25.3 Å². The number of benzene rings is 2. The largest absolute Gasteiger partial charge is 0.490 e. The number of halogens is 1. The minimum atomic E-state index is 0.590. The molecule has 0 fully saturated rings. The first kappa shape index (κ1) is 18.5. The number of ether oxygens (including phenoxy) is 2. The normalized spacial score (nSPS) is 11.0. The van der Waals surface area contributed by atoms with Gasteiger partial charge in [0.05, 0.1) is 23.4 Å². The summed E-state index contributed by atoms with van der Waals surface area (Å²) in [5.74, 6) is 1.49. The lowest BCUT2D eigenvalue weighted by molar-refractivity contribution is 0.275. The van der Waals surface area contributed by atoms with Crippen molar-refractivity contribution in [3.05, 3.63) is 51.5 Å². The van der Waals surface area contributed by atoms with Gasteiger partial charge in [-0.2, -0.15) is 0 Å². The third-order valence-electron chi connectivity index (χ3n) is 3.50. The SMILES string of the molecule is CCCOc1c(Br)cc(C=Nc2cc(C)ccc2C)cc1OCC. The third-order valence-corrected chi connectivity index (χ3v) is 4.09. The number of rotatable bonds is 7. The van der Waals surface area contributed by atoms with Gasteiger partial charge >= 0.3 is 0 Å². The van der Waals surface area contributed by atoms with Gasteiger partial charge in [-0.1, -0.05) is 19.1 Å². The maximum Gasteiger partial charge on any atom is 0.175 e. The highest BCUT2D eigenvalue weighted by Crippen LogP contribution is 2.37. The highest BCUT2D eigenvalue weighted by atomic mass is 79.9. The topological polar surface area (TPSA) is 30.8 Å². The minimum Gasteiger partial charge on any atom is -0.490 e. The second kappa shape index (κ2) is 8.88. The van der Waals surface area contributed by atoms with Crippen molar-refractivity contribution in [1.29, 1.82) is 0 Å². The Morgan fingerprint density at radius 2 is 1.88 bits per heavy atom. The van der Waals surface area contributed by atoms with Crippen LogP contribution in [0.25, 0.3) is 0 Å². The Hall–Kier alpha value is -1.81. The van der Waals surface area contributed by atoms with Crippen molar-refractivity contribution in [3.8, 4) is 11.5 Å². The standard InChI is InChI=1S/C20H24BrNO2/c1-5-9-24-20-17(21)11-16(12-19(20)23-6-2)13-22-18-10-14(3)7-8-15(18)4/h7-8,10-13H,5-6,9H2,1-4H3. The van der Waals surface area contributed by atoms with Crippen LogP contribution < -0.4 is 9.47 Å². The molecule has 0 amide bonds. The molecule has 3 nitrogen and oxygen atoms in total. The van der Waals surface area contributed by atoms with Gasteiger partial charge in [-0.3, -0.25) is 4.99 Å². The van der Waals surface area contributed by atoms with Gasteiger partial charge in [0.1, 0.15) is 0 Å². The van der Waals surface area contributed by atoms with E-state index in [9.17, 15) is 0 Å². The molecule has 0 aliphatic heterocycles. The van der Waals surface area contributed by atoms with Crippen LogP contribution in [0.2, 0.25) is 0 Å². The summed E-state index contributed by atoms with van der Waals surface area (Å²) in [6.45, 7) is 9.44. The van der Waals surface area contributed by atoms with E-state index in [1.165, 1.54) is 5.56 Å². The third kappa shape index (κ3) is 4.84. The predicted molar refractivity (Wildman–Crippen MR) is 104 cm³/mol. The predicted octanol–water partition coefficient (Wildman–Crippen LogP) is 6.00. The van der Waals surface area contributed by atoms with Crippen molar-refractivity contribution in [3.63, 3.8) is 0 Å². The molecular weight excluding hydrogens is 366 g/mol. The van der Waals surface area contributed by atoms with Gasteiger partial charge in [0.15, 0.2) is 11.5 Å². The zero-order valence-corrected chi connectivity index (χ0v) is 16.3. The monoisotopic (exact) mass is 389 g/mol. The molecule has 0 unspecified atom stereocenters. The molecule has 2 aromatic rings. The number of aliphatic imine (C=N–C) groups is 1. The Morgan fingerprint density at radius 3 is 2.58 bits per heavy atom. The Bertz CT molecular complexity index is 726. The molecule has 128 valence electrons. The lowest BCUT2D eigenvalue weighted by Crippen LogP contribution is -2.01. The van der Waals surface area contributed by atoms with Crippen LogP contribution in [0.1, 0.15) is 37.0 Å². The van der Waals surface area contributed by atoms with E-state index in [4.69, 9.17) is 9.47 Å². The van der Waals surface area contributed by atoms with E-state index in [0.29, 0.717) is 13.2 Å². The van der Waals surface area contributed by atoms with Crippen LogP contribution >= 0.6 is 15.9 Å². The van der Waals surface area contributed by atoms with Crippen molar-refractivity contribution in [2.75, 3.05) is 13.2 Å². The number of hydrogen-bond acceptors (Lipinski definition) is 3. The molecule has 0 aliphatic carbocycles. The van der Waals surface area contributed by atoms with Crippen molar-refractivity contribution in [2.45, 2.75) is 34.1 Å². The van der Waals surface area contributed by atoms with Crippen LogP contribution in [0.5, 0.6) is 11.5 Å². The quantitative estimate of drug-likeness (QED) is 0.543. The molecule has 0 atom stereocenters. The molecule has 0 saturated carbocycles. The maximum atomic E-state index is 5.81. The number of hydrogen-bond donors (Lipinski definition) is 0. The summed E-state index contributed by atoms with van der Waals surface area (Å²) in [5.41, 5.74) is 4.31. The molecule has 4 heteroatoms. The van der Waals surface area contributed by atoms with Crippen LogP contribution in [-0.4, -0.2) is 19.4 Å². The molecule has 2 aromatic carbocycles. The molecule has 0 heterocycles. The van der Waals surface area contributed by atoms with Gasteiger partial charge in [0, 0.05) is 6.21 Å². The van der Waals surface area contributed by atoms with Crippen molar-refractivity contribution < 1.29 is 9.47 Å². The van der Waals surface area contributed by atoms with Crippen LogP contribution in [0.3, 0.4) is 0 Å². The summed E-state index contributed by atoms with van der Waals surface area (Å²) in [6.07, 6.45) is 2.81. The highest BCUT2D eigenvalue weighted by Gasteiger charge is 2.11. The van der Waals surface area contributed by atoms with E-state index >= 15 is 0 Å². The van der Waals surface area contributed by atoms with Crippen LogP contribution in [0, 0.1) is 13.8 Å². The molecule has 0 aliphatic rings. The molecule has 0 radical (unpaired) electrons. The van der Waals surface area contributed by atoms with Gasteiger partial charge in [-0.05, 0) is 78.0 Å².